The van der Waals surface area contributed by atoms with E-state index in [1.165, 1.54) is 0 Å². The molecule has 1 fully saturated rings. The molecule has 18 heavy (non-hydrogen) atoms. The lowest BCUT2D eigenvalue weighted by molar-refractivity contribution is 0.438. The average molecular weight is 332 g/mol. The third-order valence-corrected chi connectivity index (χ3v) is 6.12. The van der Waals surface area contributed by atoms with Crippen LogP contribution in [0.5, 0.6) is 0 Å². The number of hydrogen-bond donors (Lipinski definition) is 1. The first-order chi connectivity index (χ1) is 8.47. The quantitative estimate of drug-likeness (QED) is 0.862. The van der Waals surface area contributed by atoms with Crippen LogP contribution in [0.1, 0.15) is 31.2 Å². The van der Waals surface area contributed by atoms with E-state index in [9.17, 15) is 8.42 Å². The van der Waals surface area contributed by atoms with Crippen LogP contribution in [0.25, 0.3) is 0 Å². The molecule has 1 saturated carbocycles. The molecular weight excluding hydrogens is 314 g/mol. The smallest absolute Gasteiger partial charge is 0.207 e. The molecular formula is C13H18BrNO2S. The molecule has 0 saturated heterocycles. The van der Waals surface area contributed by atoms with Crippen molar-refractivity contribution in [2.24, 2.45) is 0 Å². The van der Waals surface area contributed by atoms with E-state index in [-0.39, 0.29) is 5.54 Å². The van der Waals surface area contributed by atoms with E-state index in [0.29, 0.717) is 10.2 Å². The van der Waals surface area contributed by atoms with E-state index < -0.39 is 10.0 Å². The first-order valence-electron chi connectivity index (χ1n) is 6.14. The van der Waals surface area contributed by atoms with Crippen molar-refractivity contribution in [3.8, 4) is 0 Å². The molecule has 0 aromatic heterocycles. The Kier molecular flexibility index (Phi) is 4.14. The highest BCUT2D eigenvalue weighted by Gasteiger charge is 2.36. The van der Waals surface area contributed by atoms with Gasteiger partial charge in [-0.15, -0.1) is 0 Å². The van der Waals surface area contributed by atoms with Gasteiger partial charge in [0, 0.05) is 10.9 Å². The van der Waals surface area contributed by atoms with Gasteiger partial charge in [0.1, 0.15) is 0 Å². The summed E-state index contributed by atoms with van der Waals surface area (Å²) in [6, 6.07) is 7.03. The standard InChI is InChI=1S/C13H18BrNO2S/c1-11-5-4-6-12(9-11)18(16,17)15-13(10-14)7-2-3-8-13/h4-6,9,15H,2-3,7-8,10H2,1H3. The summed E-state index contributed by atoms with van der Waals surface area (Å²) < 4.78 is 27.6. The number of sulfonamides is 1. The summed E-state index contributed by atoms with van der Waals surface area (Å²) in [4.78, 5) is 0.356. The lowest BCUT2D eigenvalue weighted by atomic mass is 10.0. The van der Waals surface area contributed by atoms with Crippen molar-refractivity contribution in [3.05, 3.63) is 29.8 Å². The molecule has 0 radical (unpaired) electrons. The van der Waals surface area contributed by atoms with Crippen molar-refractivity contribution in [3.63, 3.8) is 0 Å². The molecule has 1 aliphatic rings. The molecule has 100 valence electrons. The Morgan fingerprint density at radius 1 is 1.33 bits per heavy atom. The van der Waals surface area contributed by atoms with Crippen LogP contribution >= 0.6 is 15.9 Å². The highest BCUT2D eigenvalue weighted by molar-refractivity contribution is 9.09. The van der Waals surface area contributed by atoms with Crippen molar-refractivity contribution < 1.29 is 8.42 Å². The third kappa shape index (κ3) is 2.95. The Bertz CT molecular complexity index is 522. The summed E-state index contributed by atoms with van der Waals surface area (Å²) in [6.45, 7) is 1.90. The predicted octanol–water partition coefficient (Wildman–Crippen LogP) is 2.98. The molecule has 0 spiro atoms. The summed E-state index contributed by atoms with van der Waals surface area (Å²) in [7, 11) is -3.42. The summed E-state index contributed by atoms with van der Waals surface area (Å²) in [5.74, 6) is 0. The number of aryl methyl sites for hydroxylation is 1. The summed E-state index contributed by atoms with van der Waals surface area (Å²) in [5.41, 5.74) is 0.653. The summed E-state index contributed by atoms with van der Waals surface area (Å²) in [5, 5.41) is 0.672. The van der Waals surface area contributed by atoms with Gasteiger partial charge in [-0.25, -0.2) is 13.1 Å². The van der Waals surface area contributed by atoms with Crippen molar-refractivity contribution in [2.45, 2.75) is 43.0 Å². The van der Waals surface area contributed by atoms with E-state index in [4.69, 9.17) is 0 Å². The normalized spacial score (nSPS) is 19.0. The second kappa shape index (κ2) is 5.31. The van der Waals surface area contributed by atoms with Gasteiger partial charge in [-0.3, -0.25) is 0 Å². The van der Waals surface area contributed by atoms with Crippen LogP contribution in [0.15, 0.2) is 29.2 Å². The van der Waals surface area contributed by atoms with Crippen LogP contribution in [0.4, 0.5) is 0 Å². The van der Waals surface area contributed by atoms with Crippen LogP contribution in [-0.4, -0.2) is 19.3 Å². The lowest BCUT2D eigenvalue weighted by Gasteiger charge is -2.27. The van der Waals surface area contributed by atoms with Gasteiger partial charge in [-0.05, 0) is 37.5 Å². The number of nitrogens with one attached hydrogen (secondary N) is 1. The average Bonchev–Trinajstić information content (AvgIpc) is 2.77. The molecule has 3 nitrogen and oxygen atoms in total. The van der Waals surface area contributed by atoms with Gasteiger partial charge in [0.05, 0.1) is 4.90 Å². The van der Waals surface area contributed by atoms with Crippen LogP contribution < -0.4 is 4.72 Å². The zero-order valence-corrected chi connectivity index (χ0v) is 12.9. The van der Waals surface area contributed by atoms with Crippen molar-refractivity contribution >= 4 is 26.0 Å². The minimum atomic E-state index is -3.42. The fourth-order valence-electron chi connectivity index (χ4n) is 2.44. The molecule has 0 atom stereocenters. The minimum absolute atomic E-state index is 0.303. The van der Waals surface area contributed by atoms with E-state index in [1.807, 2.05) is 13.0 Å². The first kappa shape index (κ1) is 14.0. The predicted molar refractivity (Wildman–Crippen MR) is 76.5 cm³/mol. The molecule has 0 unspecified atom stereocenters. The number of halogens is 1. The van der Waals surface area contributed by atoms with E-state index >= 15 is 0 Å². The van der Waals surface area contributed by atoms with E-state index in [1.54, 1.807) is 18.2 Å². The van der Waals surface area contributed by atoms with Crippen LogP contribution in [0.2, 0.25) is 0 Å². The molecule has 1 aromatic rings. The zero-order chi connectivity index (χ0) is 13.2. The molecule has 0 bridgehead atoms. The molecule has 0 heterocycles. The maximum absolute atomic E-state index is 12.4. The fourth-order valence-corrected chi connectivity index (χ4v) is 4.89. The Morgan fingerprint density at radius 2 is 2.00 bits per heavy atom. The molecule has 5 heteroatoms. The number of alkyl halides is 1. The van der Waals surface area contributed by atoms with E-state index in [0.717, 1.165) is 31.2 Å². The summed E-state index contributed by atoms with van der Waals surface area (Å²) in [6.07, 6.45) is 3.98. The van der Waals surface area contributed by atoms with Crippen molar-refractivity contribution in [1.29, 1.82) is 0 Å². The number of benzene rings is 1. The van der Waals surface area contributed by atoms with Gasteiger partial charge in [0.25, 0.3) is 0 Å². The highest BCUT2D eigenvalue weighted by atomic mass is 79.9. The van der Waals surface area contributed by atoms with Gasteiger partial charge in [-0.2, -0.15) is 0 Å². The molecule has 0 amide bonds. The van der Waals surface area contributed by atoms with Crippen molar-refractivity contribution in [1.82, 2.24) is 4.72 Å². The monoisotopic (exact) mass is 331 g/mol. The molecule has 1 N–H and O–H groups in total. The number of hydrogen-bond acceptors (Lipinski definition) is 2. The second-order valence-corrected chi connectivity index (χ2v) is 7.29. The van der Waals surface area contributed by atoms with Gasteiger partial charge >= 0.3 is 0 Å². The third-order valence-electron chi connectivity index (χ3n) is 3.47. The Balaban J connectivity index is 2.27. The Labute approximate surface area is 117 Å². The lowest BCUT2D eigenvalue weighted by Crippen LogP contribution is -2.47. The SMILES string of the molecule is Cc1cccc(S(=O)(=O)NC2(CBr)CCCC2)c1. The molecule has 1 aliphatic carbocycles. The molecule has 2 rings (SSSR count). The maximum atomic E-state index is 12.4. The van der Waals surface area contributed by atoms with E-state index in [2.05, 4.69) is 20.7 Å². The molecule has 1 aromatic carbocycles. The fraction of sp³-hybridized carbons (Fsp3) is 0.538. The number of rotatable bonds is 4. The Morgan fingerprint density at radius 3 is 2.56 bits per heavy atom. The van der Waals surface area contributed by atoms with Crippen LogP contribution in [0.3, 0.4) is 0 Å². The van der Waals surface area contributed by atoms with Gasteiger partial charge < -0.3 is 0 Å². The maximum Gasteiger partial charge on any atom is 0.241 e. The van der Waals surface area contributed by atoms with Crippen LogP contribution in [-0.2, 0) is 10.0 Å². The van der Waals surface area contributed by atoms with Gasteiger partial charge in [0.15, 0.2) is 0 Å². The van der Waals surface area contributed by atoms with Gasteiger partial charge in [-0.1, -0.05) is 40.9 Å². The van der Waals surface area contributed by atoms with Crippen molar-refractivity contribution in [2.75, 3.05) is 5.33 Å². The summed E-state index contributed by atoms with van der Waals surface area (Å²) >= 11 is 3.45. The second-order valence-electron chi connectivity index (χ2n) is 5.04. The topological polar surface area (TPSA) is 46.2 Å². The minimum Gasteiger partial charge on any atom is -0.207 e. The Hall–Kier alpha value is -0.390. The zero-order valence-electron chi connectivity index (χ0n) is 10.4. The first-order valence-corrected chi connectivity index (χ1v) is 8.75. The highest BCUT2D eigenvalue weighted by Crippen LogP contribution is 2.32. The van der Waals surface area contributed by atoms with Gasteiger partial charge in [0.2, 0.25) is 10.0 Å². The van der Waals surface area contributed by atoms with Crippen LogP contribution in [0, 0.1) is 6.92 Å². The largest absolute Gasteiger partial charge is 0.241 e. The molecule has 0 aliphatic heterocycles.